The Morgan fingerprint density at radius 2 is 0.273 bits per heavy atom. The van der Waals surface area contributed by atoms with E-state index in [1.165, 1.54) is 77.0 Å². The van der Waals surface area contributed by atoms with Crippen LogP contribution in [0.15, 0.2) is 146 Å². The van der Waals surface area contributed by atoms with E-state index < -0.39 is 0 Å². The maximum Gasteiger partial charge on any atom is -0.00493 e. The maximum atomic E-state index is 2.59. The summed E-state index contributed by atoms with van der Waals surface area (Å²) in [6, 6.07) is 59.8. The van der Waals surface area contributed by atoms with E-state index >= 15 is 0 Å². The summed E-state index contributed by atoms with van der Waals surface area (Å²) >= 11 is 0. The van der Waals surface area contributed by atoms with Gasteiger partial charge in [-0.1, -0.05) is 146 Å². The molecule has 24 rings (SSSR count). The summed E-state index contributed by atoms with van der Waals surface area (Å²) in [5.74, 6) is 7.01. The lowest BCUT2D eigenvalue weighted by Gasteiger charge is -2.53. The van der Waals surface area contributed by atoms with Crippen LogP contribution in [0.1, 0.15) is 146 Å². The molecule has 324 valence electrons. The van der Waals surface area contributed by atoms with Crippen molar-refractivity contribution < 1.29 is 0 Å². The van der Waals surface area contributed by atoms with E-state index in [1.807, 2.05) is 0 Å². The van der Waals surface area contributed by atoms with E-state index in [2.05, 4.69) is 146 Å². The van der Waals surface area contributed by atoms with Crippen molar-refractivity contribution in [3.8, 4) is 0 Å². The largest absolute Gasteiger partial charge is 0.0616 e. The molecule has 9 aromatic rings. The van der Waals surface area contributed by atoms with Gasteiger partial charge < -0.3 is 0 Å². The maximum absolute atomic E-state index is 2.59. The highest BCUT2D eigenvalue weighted by Gasteiger charge is 2.52. The molecule has 0 amide bonds. The topological polar surface area (TPSA) is 0 Å². The molecule has 0 nitrogen and oxygen atoms in total. The number of benzene rings is 9. The van der Waals surface area contributed by atoms with Gasteiger partial charge in [-0.15, -0.1) is 0 Å². The highest BCUT2D eigenvalue weighted by Crippen LogP contribution is 2.67. The average molecular weight is 853 g/mol. The van der Waals surface area contributed by atoms with E-state index in [1.54, 1.807) is 98.0 Å². The van der Waals surface area contributed by atoms with Crippen molar-refractivity contribution in [1.82, 2.24) is 0 Å². The van der Waals surface area contributed by atoms with Gasteiger partial charge in [-0.25, -0.2) is 0 Å². The Kier molecular flexibility index (Phi) is 8.00. The normalized spacial score (nSPS) is 31.8. The molecule has 0 heteroatoms. The Balaban J connectivity index is 1.13. The zero-order chi connectivity index (χ0) is 42.8. The van der Waals surface area contributed by atoms with Crippen LogP contribution in [-0.2, 0) is 0 Å². The smallest absolute Gasteiger partial charge is 0.00493 e. The highest BCUT2D eigenvalue weighted by molar-refractivity contribution is 6.11. The summed E-state index contributed by atoms with van der Waals surface area (Å²) < 4.78 is 0. The first-order chi connectivity index (χ1) is 32.8. The van der Waals surface area contributed by atoms with Crippen LogP contribution in [0.25, 0.3) is 64.6 Å². The molecule has 15 aliphatic carbocycles. The lowest BCUT2D eigenvalue weighted by atomic mass is 9.51. The van der Waals surface area contributed by atoms with Gasteiger partial charge >= 0.3 is 0 Å². The highest BCUT2D eigenvalue weighted by atomic mass is 14.6. The Bertz CT molecular complexity index is 2710. The van der Waals surface area contributed by atoms with E-state index in [9.17, 15) is 0 Å². The SMILES string of the molecule is c1ccc2c3c4ccccc4c(c2c1)C1C2CCC(CC2)C1c1c2ccccc2c(c2ccccc12)C1C2CCC(CC2)C1c1c2ccccc2c(c2ccccc12)C1C2CCC(CC2)C31. The van der Waals surface area contributed by atoms with Crippen LogP contribution < -0.4 is 0 Å². The van der Waals surface area contributed by atoms with Gasteiger partial charge in [-0.2, -0.15) is 0 Å². The molecule has 66 heavy (non-hydrogen) atoms. The van der Waals surface area contributed by atoms with Crippen molar-refractivity contribution in [3.05, 3.63) is 179 Å². The summed E-state index contributed by atoms with van der Waals surface area (Å²) in [5.41, 5.74) is 10.1. The molecule has 9 aromatic carbocycles. The predicted molar refractivity (Wildman–Crippen MR) is 277 cm³/mol. The summed E-state index contributed by atoms with van der Waals surface area (Å²) in [6.45, 7) is 0. The van der Waals surface area contributed by atoms with Crippen molar-refractivity contribution in [3.63, 3.8) is 0 Å². The molecule has 0 N–H and O–H groups in total. The Morgan fingerprint density at radius 3 is 0.379 bits per heavy atom. The Hall–Kier alpha value is -5.46. The van der Waals surface area contributed by atoms with Gasteiger partial charge in [0.15, 0.2) is 0 Å². The number of hydrogen-bond acceptors (Lipinski definition) is 0. The summed E-state index contributed by atoms with van der Waals surface area (Å²) in [4.78, 5) is 0. The molecule has 0 heterocycles. The van der Waals surface area contributed by atoms with Crippen LogP contribution in [0.4, 0.5) is 0 Å². The number of rotatable bonds is 0. The van der Waals surface area contributed by atoms with E-state index in [-0.39, 0.29) is 0 Å². The van der Waals surface area contributed by atoms with Gasteiger partial charge in [0.05, 0.1) is 0 Å². The first kappa shape index (κ1) is 37.6. The molecule has 12 bridgehead atoms. The van der Waals surface area contributed by atoms with Gasteiger partial charge in [0.1, 0.15) is 0 Å². The number of hydrogen-bond donors (Lipinski definition) is 0. The fourth-order valence-corrected chi connectivity index (χ4v) is 18.6. The molecular weight excluding hydrogens is 793 g/mol. The van der Waals surface area contributed by atoms with Crippen LogP contribution in [0, 0.1) is 35.5 Å². The van der Waals surface area contributed by atoms with Crippen molar-refractivity contribution in [2.45, 2.75) is 113 Å². The Labute approximate surface area is 389 Å². The number of fused-ring (bicyclic) bond motifs is 6. The third-order valence-corrected chi connectivity index (χ3v) is 20.7. The molecule has 9 saturated carbocycles. The van der Waals surface area contributed by atoms with Crippen LogP contribution in [0.2, 0.25) is 0 Å². The van der Waals surface area contributed by atoms with Crippen LogP contribution in [-0.4, -0.2) is 0 Å². The molecule has 6 atom stereocenters. The van der Waals surface area contributed by atoms with Gasteiger partial charge in [0, 0.05) is 0 Å². The fourth-order valence-electron chi connectivity index (χ4n) is 18.6. The van der Waals surface area contributed by atoms with E-state index in [0.29, 0.717) is 71.0 Å². The molecule has 0 spiro atoms. The molecule has 6 unspecified atom stereocenters. The van der Waals surface area contributed by atoms with Crippen molar-refractivity contribution >= 4 is 64.6 Å². The summed E-state index contributed by atoms with van der Waals surface area (Å²) in [6.07, 6.45) is 16.3. The minimum Gasteiger partial charge on any atom is -0.0616 e. The first-order valence-electron chi connectivity index (χ1n) is 26.6. The lowest BCUT2D eigenvalue weighted by molar-refractivity contribution is 0.114. The lowest BCUT2D eigenvalue weighted by Crippen LogP contribution is -2.39. The monoisotopic (exact) mass is 852 g/mol. The summed E-state index contributed by atoms with van der Waals surface area (Å²) in [7, 11) is 0. The standard InChI is InChI=1S/C66H60/c1-2-14-44-43(13-1)61-45-15-3-4-16-46(45)62(44)57-39-29-31-40(32-30-39)58(57)64-51-21-9-11-23-53(51)66(54-24-12-10-22-52(54)64)60-42-35-33-41(34-36-42)59(60)65-49-19-7-5-17-47(49)63(48-18-6-8-20-50(48)65)56-38-27-25-37(26-28-38)55(56)61/h1-24,37-42,55-60H,25-36H2. The minimum absolute atomic E-state index is 0.481. The van der Waals surface area contributed by atoms with Crippen LogP contribution >= 0.6 is 0 Å². The zero-order valence-electron chi connectivity index (χ0n) is 38.3. The molecule has 0 saturated heterocycles. The Morgan fingerprint density at radius 1 is 0.167 bits per heavy atom. The van der Waals surface area contributed by atoms with Gasteiger partial charge in [-0.3, -0.25) is 0 Å². The third kappa shape index (κ3) is 4.92. The van der Waals surface area contributed by atoms with E-state index in [4.69, 9.17) is 0 Å². The average Bonchev–Trinajstić information content (AvgIpc) is 3.39. The first-order valence-corrected chi connectivity index (χ1v) is 26.6. The van der Waals surface area contributed by atoms with Gasteiger partial charge in [0.25, 0.3) is 0 Å². The third-order valence-electron chi connectivity index (χ3n) is 20.7. The molecule has 0 aromatic heterocycles. The molecule has 0 radical (unpaired) electrons. The zero-order valence-corrected chi connectivity index (χ0v) is 38.3. The quantitative estimate of drug-likeness (QED) is 0.133. The van der Waals surface area contributed by atoms with Gasteiger partial charge in [0.2, 0.25) is 0 Å². The van der Waals surface area contributed by atoms with Crippen LogP contribution in [0.5, 0.6) is 0 Å². The summed E-state index contributed by atoms with van der Waals surface area (Å²) in [5, 5.41) is 18.7. The predicted octanol–water partition coefficient (Wildman–Crippen LogP) is 18.0. The van der Waals surface area contributed by atoms with Crippen molar-refractivity contribution in [2.75, 3.05) is 0 Å². The molecule has 15 aliphatic rings. The van der Waals surface area contributed by atoms with Crippen LogP contribution in [0.3, 0.4) is 0 Å². The molecular formula is C66H60. The van der Waals surface area contributed by atoms with Gasteiger partial charge in [-0.05, 0) is 246 Å². The fraction of sp³-hybridized carbons (Fsp3) is 0.364. The second-order valence-corrected chi connectivity index (χ2v) is 22.9. The second kappa shape index (κ2) is 14.0. The van der Waals surface area contributed by atoms with Crippen molar-refractivity contribution in [1.29, 1.82) is 0 Å². The van der Waals surface area contributed by atoms with E-state index in [0.717, 1.165) is 0 Å². The molecule has 0 aliphatic heterocycles. The minimum atomic E-state index is 0.481. The second-order valence-electron chi connectivity index (χ2n) is 22.9. The van der Waals surface area contributed by atoms with Crippen molar-refractivity contribution in [2.24, 2.45) is 35.5 Å². The molecule has 9 fully saturated rings.